The summed E-state index contributed by atoms with van der Waals surface area (Å²) in [6.45, 7) is 9.23. The van der Waals surface area contributed by atoms with Crippen LogP contribution in [0.4, 0.5) is 0 Å². The summed E-state index contributed by atoms with van der Waals surface area (Å²) in [4.78, 5) is 2.64. The van der Waals surface area contributed by atoms with Gasteiger partial charge in [-0.05, 0) is 52.6 Å². The lowest BCUT2D eigenvalue weighted by molar-refractivity contribution is 0.154. The minimum absolute atomic E-state index is 0.587. The van der Waals surface area contributed by atoms with E-state index in [9.17, 15) is 0 Å². The molecule has 2 nitrogen and oxygen atoms in total. The molecule has 1 saturated heterocycles. The van der Waals surface area contributed by atoms with Gasteiger partial charge in [0.1, 0.15) is 0 Å². The van der Waals surface area contributed by atoms with Gasteiger partial charge in [-0.3, -0.25) is 4.90 Å². The summed E-state index contributed by atoms with van der Waals surface area (Å²) >= 11 is 2.38. The lowest BCUT2D eigenvalue weighted by atomic mass is 9.95. The molecule has 0 amide bonds. The Balaban J connectivity index is 2.15. The predicted octanol–water partition coefficient (Wildman–Crippen LogP) is 3.28. The van der Waals surface area contributed by atoms with Crippen molar-refractivity contribution < 1.29 is 0 Å². The zero-order valence-corrected chi connectivity index (χ0v) is 13.5. The molecule has 0 bridgehead atoms. The van der Waals surface area contributed by atoms with Gasteiger partial charge in [-0.15, -0.1) is 0 Å². The van der Waals surface area contributed by atoms with Gasteiger partial charge in [-0.25, -0.2) is 0 Å². The van der Waals surface area contributed by atoms with Gasteiger partial charge in [0, 0.05) is 35.8 Å². The first-order chi connectivity index (χ1) is 8.66. The van der Waals surface area contributed by atoms with Gasteiger partial charge in [0.2, 0.25) is 0 Å². The number of nitrogens with zero attached hydrogens (tertiary/aromatic N) is 1. The van der Waals surface area contributed by atoms with Crippen LogP contribution in [0.2, 0.25) is 0 Å². The maximum atomic E-state index is 3.44. The van der Waals surface area contributed by atoms with E-state index in [2.05, 4.69) is 70.9 Å². The van der Waals surface area contributed by atoms with E-state index in [0.717, 1.165) is 19.0 Å². The fourth-order valence-electron chi connectivity index (χ4n) is 2.62. The molecule has 0 spiro atoms. The number of hydrogen-bond donors (Lipinski definition) is 1. The van der Waals surface area contributed by atoms with E-state index in [0.29, 0.717) is 6.04 Å². The van der Waals surface area contributed by atoms with Crippen molar-refractivity contribution in [2.45, 2.75) is 26.3 Å². The van der Waals surface area contributed by atoms with Crippen LogP contribution in [0, 0.1) is 9.49 Å². The Morgan fingerprint density at radius 2 is 1.78 bits per heavy atom. The maximum Gasteiger partial charge on any atom is 0.0351 e. The molecule has 1 aliphatic rings. The van der Waals surface area contributed by atoms with Crippen molar-refractivity contribution >= 4 is 22.6 Å². The molecule has 100 valence electrons. The number of hydrogen-bond acceptors (Lipinski definition) is 2. The molecule has 1 N–H and O–H groups in total. The number of nitrogens with one attached hydrogen (secondary N) is 1. The van der Waals surface area contributed by atoms with Gasteiger partial charge in [-0.2, -0.15) is 0 Å². The average Bonchev–Trinajstić information content (AvgIpc) is 2.38. The van der Waals surface area contributed by atoms with Crippen molar-refractivity contribution in [3.05, 3.63) is 33.4 Å². The molecule has 2 rings (SSSR count). The summed E-state index contributed by atoms with van der Waals surface area (Å²) in [6, 6.07) is 9.65. The third-order valence-electron chi connectivity index (χ3n) is 3.54. The monoisotopic (exact) mass is 358 g/mol. The third-order valence-corrected chi connectivity index (χ3v) is 4.26. The fourth-order valence-corrected chi connectivity index (χ4v) is 2.98. The van der Waals surface area contributed by atoms with E-state index in [1.165, 1.54) is 28.6 Å². The van der Waals surface area contributed by atoms with Crippen molar-refractivity contribution in [1.29, 1.82) is 0 Å². The summed E-state index contributed by atoms with van der Waals surface area (Å²) in [6.07, 6.45) is 1.25. The summed E-state index contributed by atoms with van der Waals surface area (Å²) in [5.74, 6) is 0.740. The largest absolute Gasteiger partial charge is 0.314 e. The Morgan fingerprint density at radius 1 is 1.17 bits per heavy atom. The number of piperazine rings is 1. The Kier molecular flexibility index (Phi) is 5.45. The minimum Gasteiger partial charge on any atom is -0.314 e. The molecule has 0 saturated carbocycles. The molecule has 1 aromatic rings. The van der Waals surface area contributed by atoms with E-state index in [-0.39, 0.29) is 0 Å². The molecule has 0 radical (unpaired) electrons. The Hall–Kier alpha value is -0.130. The molecule has 1 aliphatic heterocycles. The Morgan fingerprint density at radius 3 is 2.33 bits per heavy atom. The number of halogens is 1. The second kappa shape index (κ2) is 6.87. The van der Waals surface area contributed by atoms with Gasteiger partial charge >= 0.3 is 0 Å². The van der Waals surface area contributed by atoms with Crippen LogP contribution in [0.25, 0.3) is 0 Å². The van der Waals surface area contributed by atoms with Crippen LogP contribution in [0.3, 0.4) is 0 Å². The molecule has 18 heavy (non-hydrogen) atoms. The first kappa shape index (κ1) is 14.3. The molecule has 3 heteroatoms. The van der Waals surface area contributed by atoms with E-state index in [1.54, 1.807) is 0 Å². The lowest BCUT2D eigenvalue weighted by Crippen LogP contribution is -2.45. The van der Waals surface area contributed by atoms with Gasteiger partial charge in [-0.1, -0.05) is 26.0 Å². The van der Waals surface area contributed by atoms with Crippen molar-refractivity contribution in [3.8, 4) is 0 Å². The highest BCUT2D eigenvalue weighted by Crippen LogP contribution is 2.28. The van der Waals surface area contributed by atoms with E-state index >= 15 is 0 Å². The summed E-state index contributed by atoms with van der Waals surface area (Å²) in [7, 11) is 0. The molecule has 0 unspecified atom stereocenters. The van der Waals surface area contributed by atoms with Gasteiger partial charge < -0.3 is 5.32 Å². The quantitative estimate of drug-likeness (QED) is 0.831. The summed E-state index contributed by atoms with van der Waals surface area (Å²) in [5, 5.41) is 3.44. The molecule has 1 heterocycles. The first-order valence-corrected chi connectivity index (χ1v) is 7.95. The predicted molar refractivity (Wildman–Crippen MR) is 85.8 cm³/mol. The van der Waals surface area contributed by atoms with Crippen LogP contribution in [-0.4, -0.2) is 31.1 Å². The van der Waals surface area contributed by atoms with Gasteiger partial charge in [0.05, 0.1) is 0 Å². The third kappa shape index (κ3) is 3.93. The van der Waals surface area contributed by atoms with Crippen LogP contribution in [-0.2, 0) is 0 Å². The number of rotatable bonds is 4. The Labute approximate surface area is 124 Å². The van der Waals surface area contributed by atoms with E-state index < -0.39 is 0 Å². The van der Waals surface area contributed by atoms with Gasteiger partial charge in [0.25, 0.3) is 0 Å². The van der Waals surface area contributed by atoms with Crippen molar-refractivity contribution in [1.82, 2.24) is 10.2 Å². The zero-order chi connectivity index (χ0) is 13.0. The van der Waals surface area contributed by atoms with E-state index in [4.69, 9.17) is 0 Å². The summed E-state index contributed by atoms with van der Waals surface area (Å²) in [5.41, 5.74) is 1.48. The van der Waals surface area contributed by atoms with Crippen molar-refractivity contribution in [3.63, 3.8) is 0 Å². The fraction of sp³-hybridized carbons (Fsp3) is 0.600. The molecule has 1 fully saturated rings. The zero-order valence-electron chi connectivity index (χ0n) is 11.3. The van der Waals surface area contributed by atoms with Crippen LogP contribution < -0.4 is 5.32 Å². The highest BCUT2D eigenvalue weighted by Gasteiger charge is 2.22. The maximum absolute atomic E-state index is 3.44. The highest BCUT2D eigenvalue weighted by atomic mass is 127. The SMILES string of the molecule is CC(C)C[C@H](c1ccc(I)cc1)N1CCNCC1. The second-order valence-corrected chi connectivity index (χ2v) is 6.73. The molecule has 0 aliphatic carbocycles. The van der Waals surface area contributed by atoms with Crippen LogP contribution in [0.5, 0.6) is 0 Å². The normalized spacial score (nSPS) is 19.1. The average molecular weight is 358 g/mol. The molecular formula is C15H23IN2. The topological polar surface area (TPSA) is 15.3 Å². The van der Waals surface area contributed by atoms with E-state index in [1.807, 2.05) is 0 Å². The molecule has 1 aromatic carbocycles. The highest BCUT2D eigenvalue weighted by molar-refractivity contribution is 14.1. The molecule has 0 aromatic heterocycles. The number of benzene rings is 1. The van der Waals surface area contributed by atoms with Crippen LogP contribution in [0.1, 0.15) is 31.9 Å². The Bertz CT molecular complexity index is 355. The first-order valence-electron chi connectivity index (χ1n) is 6.87. The minimum atomic E-state index is 0.587. The van der Waals surface area contributed by atoms with Gasteiger partial charge in [0.15, 0.2) is 0 Å². The lowest BCUT2D eigenvalue weighted by Gasteiger charge is -2.36. The second-order valence-electron chi connectivity index (χ2n) is 5.48. The smallest absolute Gasteiger partial charge is 0.0351 e. The summed E-state index contributed by atoms with van der Waals surface area (Å²) < 4.78 is 1.32. The standard InChI is InChI=1S/C15H23IN2/c1-12(2)11-15(18-9-7-17-8-10-18)13-3-5-14(16)6-4-13/h3-6,12,15,17H,7-11H2,1-2H3/t15-/m1/s1. The molecule has 1 atom stereocenters. The van der Waals surface area contributed by atoms with Crippen molar-refractivity contribution in [2.24, 2.45) is 5.92 Å². The van der Waals surface area contributed by atoms with Crippen molar-refractivity contribution in [2.75, 3.05) is 26.2 Å². The van der Waals surface area contributed by atoms with Crippen LogP contribution >= 0.6 is 22.6 Å². The molecular weight excluding hydrogens is 335 g/mol. The van der Waals surface area contributed by atoms with Crippen LogP contribution in [0.15, 0.2) is 24.3 Å².